The molecule has 0 saturated heterocycles. The van der Waals surface area contributed by atoms with Gasteiger partial charge in [-0.25, -0.2) is 4.79 Å². The largest absolute Gasteiger partial charge is 0.493 e. The molecule has 0 bridgehead atoms. The minimum Gasteiger partial charge on any atom is -0.493 e. The zero-order chi connectivity index (χ0) is 11.5. The number of alkyl halides is 1. The number of aryl methyl sites for hydroxylation is 1. The van der Waals surface area contributed by atoms with Crippen molar-refractivity contribution in [2.45, 2.75) is 6.92 Å². The van der Waals surface area contributed by atoms with E-state index in [9.17, 15) is 4.79 Å². The zero-order valence-electron chi connectivity index (χ0n) is 8.83. The minimum atomic E-state index is -0.331. The van der Waals surface area contributed by atoms with E-state index < -0.39 is 0 Å². The molecule has 1 heterocycles. The first-order valence-electron chi connectivity index (χ1n) is 4.94. The lowest BCUT2D eigenvalue weighted by Crippen LogP contribution is -2.00. The molecular formula is C12H11BrO3. The van der Waals surface area contributed by atoms with E-state index >= 15 is 0 Å². The molecule has 3 nitrogen and oxygen atoms in total. The highest BCUT2D eigenvalue weighted by Gasteiger charge is 2.03. The molecule has 0 spiro atoms. The second-order valence-corrected chi connectivity index (χ2v) is 4.24. The molecule has 0 saturated carbocycles. The SMILES string of the molecule is Cc1cc(=O)oc2cc(OCCBr)ccc12. The summed E-state index contributed by atoms with van der Waals surface area (Å²) >= 11 is 3.28. The van der Waals surface area contributed by atoms with Crippen LogP contribution in [-0.2, 0) is 0 Å². The minimum absolute atomic E-state index is 0.331. The van der Waals surface area contributed by atoms with E-state index in [-0.39, 0.29) is 5.63 Å². The number of fused-ring (bicyclic) bond motifs is 1. The molecule has 1 aromatic carbocycles. The fraction of sp³-hybridized carbons (Fsp3) is 0.250. The van der Waals surface area contributed by atoms with Gasteiger partial charge in [0.15, 0.2) is 0 Å². The van der Waals surface area contributed by atoms with Crippen molar-refractivity contribution in [3.63, 3.8) is 0 Å². The van der Waals surface area contributed by atoms with Gasteiger partial charge in [-0.3, -0.25) is 0 Å². The Morgan fingerprint density at radius 3 is 2.94 bits per heavy atom. The van der Waals surface area contributed by atoms with Gasteiger partial charge in [-0.15, -0.1) is 0 Å². The predicted molar refractivity (Wildman–Crippen MR) is 66.5 cm³/mol. The summed E-state index contributed by atoms with van der Waals surface area (Å²) in [6, 6.07) is 7.00. The van der Waals surface area contributed by atoms with Gasteiger partial charge in [0.1, 0.15) is 11.3 Å². The van der Waals surface area contributed by atoms with Gasteiger partial charge in [0.25, 0.3) is 0 Å². The van der Waals surface area contributed by atoms with E-state index in [1.165, 1.54) is 6.07 Å². The Bertz CT molecular complexity index is 560. The van der Waals surface area contributed by atoms with Crippen molar-refractivity contribution in [1.29, 1.82) is 0 Å². The van der Waals surface area contributed by atoms with Crippen LogP contribution < -0.4 is 10.4 Å². The van der Waals surface area contributed by atoms with Gasteiger partial charge in [0.2, 0.25) is 0 Å². The molecule has 0 aliphatic heterocycles. The van der Waals surface area contributed by atoms with Gasteiger partial charge in [0, 0.05) is 22.8 Å². The summed E-state index contributed by atoms with van der Waals surface area (Å²) in [4.78, 5) is 11.2. The third kappa shape index (κ3) is 2.27. The fourth-order valence-electron chi connectivity index (χ4n) is 1.55. The highest BCUT2D eigenvalue weighted by Crippen LogP contribution is 2.22. The Labute approximate surface area is 101 Å². The van der Waals surface area contributed by atoms with E-state index in [2.05, 4.69) is 15.9 Å². The number of halogens is 1. The molecule has 1 aromatic heterocycles. The topological polar surface area (TPSA) is 39.4 Å². The quantitative estimate of drug-likeness (QED) is 0.642. The Kier molecular flexibility index (Phi) is 3.29. The van der Waals surface area contributed by atoms with Crippen molar-refractivity contribution in [3.8, 4) is 5.75 Å². The molecule has 2 aromatic rings. The predicted octanol–water partition coefficient (Wildman–Crippen LogP) is 2.88. The van der Waals surface area contributed by atoms with E-state index in [0.29, 0.717) is 17.9 Å². The van der Waals surface area contributed by atoms with Crippen LogP contribution in [0.4, 0.5) is 0 Å². The van der Waals surface area contributed by atoms with Crippen molar-refractivity contribution in [2.75, 3.05) is 11.9 Å². The number of benzene rings is 1. The fourth-order valence-corrected chi connectivity index (χ4v) is 1.71. The number of hydrogen-bond donors (Lipinski definition) is 0. The number of hydrogen-bond acceptors (Lipinski definition) is 3. The summed E-state index contributed by atoms with van der Waals surface area (Å²) in [5.74, 6) is 0.709. The molecule has 0 aliphatic carbocycles. The Morgan fingerprint density at radius 1 is 1.38 bits per heavy atom. The molecule has 0 amide bonds. The first-order chi connectivity index (χ1) is 7.70. The van der Waals surface area contributed by atoms with Gasteiger partial charge >= 0.3 is 5.63 Å². The molecular weight excluding hydrogens is 272 g/mol. The van der Waals surface area contributed by atoms with Crippen LogP contribution in [-0.4, -0.2) is 11.9 Å². The lowest BCUT2D eigenvalue weighted by molar-refractivity contribution is 0.345. The summed E-state index contributed by atoms with van der Waals surface area (Å²) in [6.45, 7) is 2.47. The molecule has 0 N–H and O–H groups in total. The third-order valence-corrected chi connectivity index (χ3v) is 2.59. The smallest absolute Gasteiger partial charge is 0.336 e. The standard InChI is InChI=1S/C12H11BrO3/c1-8-6-12(14)16-11-7-9(15-5-4-13)2-3-10(8)11/h2-3,6-7H,4-5H2,1H3. The molecule has 2 rings (SSSR count). The molecule has 0 unspecified atom stereocenters. The van der Waals surface area contributed by atoms with E-state index in [0.717, 1.165) is 16.3 Å². The summed E-state index contributed by atoms with van der Waals surface area (Å²) in [5, 5.41) is 1.70. The monoisotopic (exact) mass is 282 g/mol. The Hall–Kier alpha value is -1.29. The Balaban J connectivity index is 2.49. The molecule has 0 atom stereocenters. The van der Waals surface area contributed by atoms with Gasteiger partial charge in [-0.2, -0.15) is 0 Å². The average molecular weight is 283 g/mol. The van der Waals surface area contributed by atoms with Crippen LogP contribution in [0.15, 0.2) is 33.5 Å². The summed E-state index contributed by atoms with van der Waals surface area (Å²) in [6.07, 6.45) is 0. The van der Waals surface area contributed by atoms with Gasteiger partial charge < -0.3 is 9.15 Å². The first-order valence-corrected chi connectivity index (χ1v) is 6.06. The number of ether oxygens (including phenoxy) is 1. The lowest BCUT2D eigenvalue weighted by atomic mass is 10.1. The van der Waals surface area contributed by atoms with E-state index in [1.54, 1.807) is 6.07 Å². The van der Waals surface area contributed by atoms with E-state index in [4.69, 9.17) is 9.15 Å². The molecule has 16 heavy (non-hydrogen) atoms. The van der Waals surface area contributed by atoms with Crippen LogP contribution in [0.1, 0.15) is 5.56 Å². The van der Waals surface area contributed by atoms with Crippen LogP contribution in [0.5, 0.6) is 5.75 Å². The highest BCUT2D eigenvalue weighted by atomic mass is 79.9. The normalized spacial score (nSPS) is 10.6. The lowest BCUT2D eigenvalue weighted by Gasteiger charge is -2.05. The van der Waals surface area contributed by atoms with Crippen LogP contribution in [0.25, 0.3) is 11.0 Å². The summed E-state index contributed by atoms with van der Waals surface area (Å²) in [7, 11) is 0. The average Bonchev–Trinajstić information content (AvgIpc) is 2.25. The van der Waals surface area contributed by atoms with Crippen LogP contribution in [0, 0.1) is 6.92 Å². The second kappa shape index (κ2) is 4.70. The summed E-state index contributed by atoms with van der Waals surface area (Å²) < 4.78 is 10.5. The third-order valence-electron chi connectivity index (χ3n) is 2.27. The van der Waals surface area contributed by atoms with Crippen molar-refractivity contribution in [1.82, 2.24) is 0 Å². The van der Waals surface area contributed by atoms with Crippen molar-refractivity contribution < 1.29 is 9.15 Å². The zero-order valence-corrected chi connectivity index (χ0v) is 10.4. The molecule has 0 fully saturated rings. The van der Waals surface area contributed by atoms with Crippen LogP contribution in [0.2, 0.25) is 0 Å². The van der Waals surface area contributed by atoms with Gasteiger partial charge in [-0.1, -0.05) is 15.9 Å². The maximum absolute atomic E-state index is 11.2. The van der Waals surface area contributed by atoms with Crippen LogP contribution >= 0.6 is 15.9 Å². The maximum Gasteiger partial charge on any atom is 0.336 e. The van der Waals surface area contributed by atoms with Crippen molar-refractivity contribution in [2.24, 2.45) is 0 Å². The maximum atomic E-state index is 11.2. The van der Waals surface area contributed by atoms with Crippen LogP contribution in [0.3, 0.4) is 0 Å². The molecule has 4 heteroatoms. The summed E-state index contributed by atoms with van der Waals surface area (Å²) in [5.41, 5.74) is 1.15. The first kappa shape index (κ1) is 11.2. The molecule has 0 aliphatic rings. The van der Waals surface area contributed by atoms with Gasteiger partial charge in [-0.05, 0) is 24.6 Å². The second-order valence-electron chi connectivity index (χ2n) is 3.44. The molecule has 84 valence electrons. The van der Waals surface area contributed by atoms with Crippen molar-refractivity contribution in [3.05, 3.63) is 40.2 Å². The van der Waals surface area contributed by atoms with Gasteiger partial charge in [0.05, 0.1) is 6.61 Å². The van der Waals surface area contributed by atoms with Crippen molar-refractivity contribution >= 4 is 26.9 Å². The molecule has 0 radical (unpaired) electrons. The van der Waals surface area contributed by atoms with E-state index in [1.807, 2.05) is 19.1 Å². The Morgan fingerprint density at radius 2 is 2.19 bits per heavy atom. The highest BCUT2D eigenvalue weighted by molar-refractivity contribution is 9.09. The number of rotatable bonds is 3.